The number of halogens is 2. The van der Waals surface area contributed by atoms with Crippen LogP contribution in [0.25, 0.3) is 0 Å². The van der Waals surface area contributed by atoms with Crippen molar-refractivity contribution in [1.82, 2.24) is 5.32 Å². The normalized spacial score (nSPS) is 10.4. The summed E-state index contributed by atoms with van der Waals surface area (Å²) in [6.45, 7) is 2.99. The minimum atomic E-state index is -0.401. The molecule has 0 spiro atoms. The second-order valence-electron chi connectivity index (χ2n) is 3.73. The zero-order valence-electron chi connectivity index (χ0n) is 9.22. The highest BCUT2D eigenvalue weighted by atomic mass is 35.5. The molecule has 0 bridgehead atoms. The van der Waals surface area contributed by atoms with Crippen LogP contribution in [0.1, 0.15) is 25.3 Å². The highest BCUT2D eigenvalue weighted by Gasteiger charge is 2.00. The molecular formula is C12H15ClFNO. The first-order chi connectivity index (χ1) is 7.59. The predicted octanol–water partition coefficient (Wildman–Crippen LogP) is 2.94. The minimum absolute atomic E-state index is 0.142. The SMILES string of the molecule is CC(=O)CCCNCc1ccc(F)c(Cl)c1. The summed E-state index contributed by atoms with van der Waals surface area (Å²) in [5.74, 6) is -0.200. The molecule has 1 aromatic carbocycles. The van der Waals surface area contributed by atoms with E-state index in [2.05, 4.69) is 5.32 Å². The predicted molar refractivity (Wildman–Crippen MR) is 63.0 cm³/mol. The number of Topliss-reactive ketones (excluding diaryl/α,β-unsaturated/α-hetero) is 1. The van der Waals surface area contributed by atoms with Crippen LogP contribution in [-0.2, 0) is 11.3 Å². The number of carbonyl (C=O) groups excluding carboxylic acids is 1. The number of nitrogens with one attached hydrogen (secondary N) is 1. The van der Waals surface area contributed by atoms with Crippen LogP contribution in [0.5, 0.6) is 0 Å². The Hall–Kier alpha value is -0.930. The van der Waals surface area contributed by atoms with Gasteiger partial charge in [0, 0.05) is 13.0 Å². The summed E-state index contributed by atoms with van der Waals surface area (Å²) >= 11 is 5.65. The van der Waals surface area contributed by atoms with Crippen molar-refractivity contribution >= 4 is 17.4 Å². The van der Waals surface area contributed by atoms with Crippen molar-refractivity contribution in [3.63, 3.8) is 0 Å². The molecule has 0 heterocycles. The summed E-state index contributed by atoms with van der Waals surface area (Å²) in [5, 5.41) is 3.31. The van der Waals surface area contributed by atoms with E-state index in [1.807, 2.05) is 0 Å². The van der Waals surface area contributed by atoms with E-state index in [4.69, 9.17) is 11.6 Å². The van der Waals surface area contributed by atoms with Gasteiger partial charge in [0.2, 0.25) is 0 Å². The van der Waals surface area contributed by atoms with Crippen molar-refractivity contribution in [3.05, 3.63) is 34.6 Å². The van der Waals surface area contributed by atoms with Gasteiger partial charge in [0.05, 0.1) is 5.02 Å². The van der Waals surface area contributed by atoms with Gasteiger partial charge >= 0.3 is 0 Å². The lowest BCUT2D eigenvalue weighted by Crippen LogP contribution is -2.15. The summed E-state index contributed by atoms with van der Waals surface area (Å²) in [7, 11) is 0. The molecule has 0 fully saturated rings. The maximum atomic E-state index is 12.8. The first kappa shape index (κ1) is 13.1. The lowest BCUT2D eigenvalue weighted by Gasteiger charge is -2.04. The van der Waals surface area contributed by atoms with Crippen molar-refractivity contribution in [2.45, 2.75) is 26.3 Å². The molecule has 0 radical (unpaired) electrons. The third kappa shape index (κ3) is 4.73. The van der Waals surface area contributed by atoms with Crippen LogP contribution in [0, 0.1) is 5.82 Å². The average molecular weight is 244 g/mol. The summed E-state index contributed by atoms with van der Waals surface area (Å²) in [4.78, 5) is 10.7. The molecule has 0 saturated heterocycles. The molecule has 0 saturated carbocycles. The van der Waals surface area contributed by atoms with E-state index in [0.717, 1.165) is 18.5 Å². The minimum Gasteiger partial charge on any atom is -0.313 e. The fourth-order valence-electron chi connectivity index (χ4n) is 1.34. The topological polar surface area (TPSA) is 29.1 Å². The molecule has 1 N–H and O–H groups in total. The van der Waals surface area contributed by atoms with Gasteiger partial charge in [0.1, 0.15) is 11.6 Å². The van der Waals surface area contributed by atoms with Crippen molar-refractivity contribution in [2.75, 3.05) is 6.54 Å². The van der Waals surface area contributed by atoms with E-state index >= 15 is 0 Å². The highest BCUT2D eigenvalue weighted by Crippen LogP contribution is 2.15. The Morgan fingerprint density at radius 2 is 2.25 bits per heavy atom. The summed E-state index contributed by atoms with van der Waals surface area (Å²) in [6, 6.07) is 4.66. The Morgan fingerprint density at radius 3 is 2.88 bits per heavy atom. The Balaban J connectivity index is 2.27. The summed E-state index contributed by atoms with van der Waals surface area (Å²) < 4.78 is 12.8. The zero-order valence-corrected chi connectivity index (χ0v) is 9.98. The summed E-state index contributed by atoms with van der Waals surface area (Å²) in [5.41, 5.74) is 0.939. The van der Waals surface area contributed by atoms with Gasteiger partial charge in [-0.25, -0.2) is 4.39 Å². The largest absolute Gasteiger partial charge is 0.313 e. The van der Waals surface area contributed by atoms with Crippen LogP contribution >= 0.6 is 11.6 Å². The molecule has 88 valence electrons. The molecule has 2 nitrogen and oxygen atoms in total. The molecule has 0 aliphatic heterocycles. The number of benzene rings is 1. The molecule has 0 aliphatic rings. The number of hydrogen-bond acceptors (Lipinski definition) is 2. The maximum absolute atomic E-state index is 12.8. The van der Waals surface area contributed by atoms with Gasteiger partial charge in [-0.1, -0.05) is 17.7 Å². The van der Waals surface area contributed by atoms with E-state index in [1.165, 1.54) is 6.07 Å². The Bertz CT molecular complexity index is 368. The number of rotatable bonds is 6. The van der Waals surface area contributed by atoms with Gasteiger partial charge in [-0.2, -0.15) is 0 Å². The molecule has 0 unspecified atom stereocenters. The Labute approximate surface area is 99.8 Å². The van der Waals surface area contributed by atoms with Gasteiger partial charge in [-0.3, -0.25) is 0 Å². The lowest BCUT2D eigenvalue weighted by atomic mass is 10.2. The van der Waals surface area contributed by atoms with Crippen molar-refractivity contribution in [2.24, 2.45) is 0 Å². The van der Waals surface area contributed by atoms with Gasteiger partial charge in [-0.05, 0) is 37.6 Å². The maximum Gasteiger partial charge on any atom is 0.141 e. The second kappa shape index (κ2) is 6.61. The van der Waals surface area contributed by atoms with Crippen LogP contribution in [0.15, 0.2) is 18.2 Å². The van der Waals surface area contributed by atoms with Gasteiger partial charge in [0.15, 0.2) is 0 Å². The van der Waals surface area contributed by atoms with Crippen LogP contribution in [-0.4, -0.2) is 12.3 Å². The van der Waals surface area contributed by atoms with E-state index in [0.29, 0.717) is 13.0 Å². The van der Waals surface area contributed by atoms with Gasteiger partial charge in [-0.15, -0.1) is 0 Å². The standard InChI is InChI=1S/C12H15ClFNO/c1-9(16)3-2-6-15-8-10-4-5-12(14)11(13)7-10/h4-5,7,15H,2-3,6,8H2,1H3. The Kier molecular flexibility index (Phi) is 5.43. The fourth-order valence-corrected chi connectivity index (χ4v) is 1.55. The van der Waals surface area contributed by atoms with Crippen molar-refractivity contribution in [1.29, 1.82) is 0 Å². The summed E-state index contributed by atoms with van der Waals surface area (Å²) in [6.07, 6.45) is 1.42. The number of hydrogen-bond donors (Lipinski definition) is 1. The molecule has 4 heteroatoms. The van der Waals surface area contributed by atoms with Crippen LogP contribution in [0.2, 0.25) is 5.02 Å². The van der Waals surface area contributed by atoms with Gasteiger partial charge < -0.3 is 10.1 Å². The lowest BCUT2D eigenvalue weighted by molar-refractivity contribution is -0.117. The molecular weight excluding hydrogens is 229 g/mol. The molecule has 16 heavy (non-hydrogen) atoms. The third-order valence-corrected chi connectivity index (χ3v) is 2.49. The molecule has 0 aromatic heterocycles. The first-order valence-electron chi connectivity index (χ1n) is 5.23. The quantitative estimate of drug-likeness (QED) is 0.779. The monoisotopic (exact) mass is 243 g/mol. The highest BCUT2D eigenvalue weighted by molar-refractivity contribution is 6.30. The third-order valence-electron chi connectivity index (χ3n) is 2.20. The molecule has 0 atom stereocenters. The molecule has 0 aliphatic carbocycles. The van der Waals surface area contributed by atoms with Crippen molar-refractivity contribution in [3.8, 4) is 0 Å². The molecule has 1 rings (SSSR count). The molecule has 1 aromatic rings. The smallest absolute Gasteiger partial charge is 0.141 e. The Morgan fingerprint density at radius 1 is 1.50 bits per heavy atom. The van der Waals surface area contributed by atoms with Gasteiger partial charge in [0.25, 0.3) is 0 Å². The fraction of sp³-hybridized carbons (Fsp3) is 0.417. The van der Waals surface area contributed by atoms with E-state index in [1.54, 1.807) is 19.1 Å². The van der Waals surface area contributed by atoms with Crippen LogP contribution in [0.3, 0.4) is 0 Å². The van der Waals surface area contributed by atoms with Crippen LogP contribution in [0.4, 0.5) is 4.39 Å². The second-order valence-corrected chi connectivity index (χ2v) is 4.14. The van der Waals surface area contributed by atoms with Crippen molar-refractivity contribution < 1.29 is 9.18 Å². The zero-order chi connectivity index (χ0) is 12.0. The van der Waals surface area contributed by atoms with Crippen LogP contribution < -0.4 is 5.32 Å². The van der Waals surface area contributed by atoms with E-state index in [9.17, 15) is 9.18 Å². The molecule has 0 amide bonds. The number of ketones is 1. The van der Waals surface area contributed by atoms with E-state index < -0.39 is 5.82 Å². The first-order valence-corrected chi connectivity index (χ1v) is 5.61. The average Bonchev–Trinajstić information content (AvgIpc) is 2.22. The van der Waals surface area contributed by atoms with E-state index in [-0.39, 0.29) is 10.8 Å². The number of carbonyl (C=O) groups is 1.